The van der Waals surface area contributed by atoms with E-state index in [0.717, 1.165) is 37.8 Å². The topological polar surface area (TPSA) is 360 Å². The number of benzene rings is 3. The zero-order valence-electron chi connectivity index (χ0n) is 83.0. The van der Waals surface area contributed by atoms with Gasteiger partial charge in [0.2, 0.25) is 35.4 Å². The third-order valence-electron chi connectivity index (χ3n) is 31.2. The van der Waals surface area contributed by atoms with Gasteiger partial charge in [0.05, 0.1) is 65.9 Å². The summed E-state index contributed by atoms with van der Waals surface area (Å²) < 4.78 is 196. The summed E-state index contributed by atoms with van der Waals surface area (Å²) in [5.74, 6) is -14.1. The van der Waals surface area contributed by atoms with Crippen LogP contribution in [-0.2, 0) is 98.4 Å². The molecule has 3 aromatic carbocycles. The van der Waals surface area contributed by atoms with Crippen LogP contribution in [-0.4, -0.2) is 218 Å². The molecule has 6 unspecified atom stereocenters. The van der Waals surface area contributed by atoms with Crippen LogP contribution in [0.15, 0.2) is 54.6 Å². The number of ether oxygens (including phenoxy) is 9. The number of hydrogen-bond acceptors (Lipinski definition) is 24. The molecule has 12 aliphatic rings. The van der Waals surface area contributed by atoms with Gasteiger partial charge in [0.15, 0.2) is 17.2 Å². The number of alkyl halides is 10. The Kier molecular flexibility index (Phi) is 33.2. The maximum absolute atomic E-state index is 16.1. The molecule has 3 saturated heterocycles. The van der Waals surface area contributed by atoms with Crippen molar-refractivity contribution in [3.8, 4) is 34.9 Å². The molecule has 24 atom stereocenters. The second-order valence-corrected chi connectivity index (χ2v) is 43.8. The quantitative estimate of drug-likeness (QED) is 0.0651. The Bertz CT molecular complexity index is 5730. The summed E-state index contributed by atoms with van der Waals surface area (Å²) in [7, 11) is 1.58. The molecular formula is C102H126F10N12O18V2-2. The molecule has 9 heterocycles. The summed E-state index contributed by atoms with van der Waals surface area (Å²) in [6, 6.07) is 6.50. The van der Waals surface area contributed by atoms with Crippen LogP contribution < -0.4 is 44.4 Å². The normalized spacial score (nSPS) is 32.0. The third-order valence-corrected chi connectivity index (χ3v) is 31.2. The fraction of sp³-hybridized carbons (Fsp3) is 0.676. The number of halogens is 10. The number of carbonyl (C=O) groups is 7. The van der Waals surface area contributed by atoms with E-state index >= 15 is 17.6 Å². The van der Waals surface area contributed by atoms with Gasteiger partial charge in [-0.15, -0.1) is 0 Å². The molecule has 6 aliphatic carbocycles. The predicted octanol–water partition coefficient (Wildman–Crippen LogP) is 17.7. The molecule has 9 fully saturated rings. The van der Waals surface area contributed by atoms with Crippen molar-refractivity contribution in [2.24, 2.45) is 87.3 Å². The number of aromatic nitrogens is 6. The summed E-state index contributed by atoms with van der Waals surface area (Å²) in [6.07, 6.45) is 6.56. The van der Waals surface area contributed by atoms with Crippen molar-refractivity contribution in [2.45, 2.75) is 322 Å². The maximum Gasteiger partial charge on any atom is 0.408 e. The molecule has 6 amide bonds. The molecule has 6 aromatic rings. The van der Waals surface area contributed by atoms with Gasteiger partial charge >= 0.3 is 31.5 Å². The van der Waals surface area contributed by atoms with E-state index in [1.54, 1.807) is 68.6 Å². The van der Waals surface area contributed by atoms with E-state index in [1.807, 2.05) is 52.4 Å². The summed E-state index contributed by atoms with van der Waals surface area (Å²) in [5, 5.41) is 8.29. The Hall–Kier alpha value is -9.82. The fourth-order valence-electron chi connectivity index (χ4n) is 23.5. The number of ketones is 1. The van der Waals surface area contributed by atoms with Crippen molar-refractivity contribution < 1.29 is 167 Å². The molecule has 6 bridgehead atoms. The van der Waals surface area contributed by atoms with Crippen molar-refractivity contribution in [1.29, 1.82) is 0 Å². The monoisotopic (exact) mass is 2100 g/mol. The summed E-state index contributed by atoms with van der Waals surface area (Å²) >= 11 is 0. The molecule has 30 nitrogen and oxygen atoms in total. The molecule has 3 aromatic heterocycles. The molecule has 6 aliphatic heterocycles. The van der Waals surface area contributed by atoms with Crippen molar-refractivity contribution in [2.75, 3.05) is 26.7 Å². The minimum absolute atomic E-state index is 0. The number of alkyl carbamates (subject to hydrolysis) is 3. The zero-order valence-corrected chi connectivity index (χ0v) is 85.8. The molecule has 18 rings (SSSR count). The van der Waals surface area contributed by atoms with Gasteiger partial charge in [-0.3, -0.25) is 19.2 Å². The van der Waals surface area contributed by atoms with Crippen LogP contribution in [0.5, 0.6) is 34.9 Å². The minimum Gasteiger partial charge on any atom is -0.540 e. The molecule has 144 heavy (non-hydrogen) atoms. The van der Waals surface area contributed by atoms with Crippen molar-refractivity contribution in [3.05, 3.63) is 71.7 Å². The Morgan fingerprint density at radius 2 is 0.861 bits per heavy atom. The summed E-state index contributed by atoms with van der Waals surface area (Å²) in [5.41, 5.74) is -1.79. The average molecular weight is 2100 g/mol. The molecular weight excluding hydrogens is 1970 g/mol. The van der Waals surface area contributed by atoms with Gasteiger partial charge in [0, 0.05) is 91.8 Å². The first-order valence-corrected chi connectivity index (χ1v) is 49.7. The largest absolute Gasteiger partial charge is 0.540 e. The number of fused-ring (bicyclic) bond motifs is 21. The van der Waals surface area contributed by atoms with Gasteiger partial charge in [0.1, 0.15) is 77.7 Å². The van der Waals surface area contributed by atoms with Crippen LogP contribution in [0.2, 0.25) is 0 Å². The number of aryl methyl sites for hydroxylation is 1. The number of hydrogen-bond donors (Lipinski definition) is 3. The fourth-order valence-corrected chi connectivity index (χ4v) is 23.5. The van der Waals surface area contributed by atoms with Gasteiger partial charge in [-0.2, -0.15) is 35.1 Å². The number of carbonyl (C=O) groups excluding carboxylic acids is 9. The zero-order chi connectivity index (χ0) is 102. The Morgan fingerprint density at radius 1 is 0.465 bits per heavy atom. The van der Waals surface area contributed by atoms with Crippen LogP contribution in [0, 0.1) is 87.3 Å². The van der Waals surface area contributed by atoms with Crippen LogP contribution in [0.1, 0.15) is 229 Å². The summed E-state index contributed by atoms with van der Waals surface area (Å²) in [6.45, 7) is 16.4. The van der Waals surface area contributed by atoms with E-state index in [1.165, 1.54) is 45.9 Å². The number of nitrogens with one attached hydrogen (secondary N) is 3. The van der Waals surface area contributed by atoms with Gasteiger partial charge in [0.25, 0.3) is 17.8 Å². The van der Waals surface area contributed by atoms with Crippen LogP contribution in [0.3, 0.4) is 0 Å². The summed E-state index contributed by atoms with van der Waals surface area (Å²) in [4.78, 5) is 151. The first kappa shape index (κ1) is 110. The van der Waals surface area contributed by atoms with Gasteiger partial charge in [-0.05, 0) is 190 Å². The average Bonchev–Trinajstić information content (AvgIpc) is 1.53. The number of methoxy groups -OCH3 is 1. The maximum atomic E-state index is 16.1. The molecule has 784 valence electrons. The van der Waals surface area contributed by atoms with Crippen molar-refractivity contribution in [3.63, 3.8) is 0 Å². The van der Waals surface area contributed by atoms with E-state index in [0.29, 0.717) is 123 Å². The third kappa shape index (κ3) is 23.5. The minimum atomic E-state index is -3.49. The second-order valence-electron chi connectivity index (χ2n) is 43.8. The van der Waals surface area contributed by atoms with Crippen molar-refractivity contribution >= 4 is 87.5 Å². The van der Waals surface area contributed by atoms with Crippen LogP contribution >= 0.6 is 0 Å². The SMILES string of the molecule is CC[C@@H]1[C@@H]2CN(C(=O)[C@H](C(C)(C)C)NC(=O)O[C@@H]3CC4C([C@H]3CCCCCc3nc5ccc(OC)cc5nc3O2)C4(F)F)[C@@H]1C(C)=O.CC[C@@H]1[C@@H]2CN(C(=O)[C@H](C(C)(C)C)NC(=O)O[C@@H]3CC4CC4[C@H]3CCCCC(F)(F)c3nc4ccc(OC(F)F)cc4nc3O2)[C@@H]1[C-]=O.C[C@@H]1[C@@H]2CN(C(=O)[C@H](C(C)(C)C)NC(=O)O[C@@H]3CC4CC4[C@H]3CCCCC(F)(F)c3nc4ccc(OC(F)F)cc4nc3O2)[C@@H]1[C-]=O.[V].[V]. The molecule has 6 saturated carbocycles. The first-order valence-electron chi connectivity index (χ1n) is 49.7. The standard InChI is InChI=1S/C35H46F2N4O6.C34H41F4N4O6.C33H39F4N4O6.2V/c1-7-20-27-17-41(29(20)18(2)42)32(43)30(34(3,4)5)40-33(44)47-26-16-22-28(35(22,36)37)21(26)11-9-8-10-12-24-31(46-27)39-25-15-19(45-6)13-14-23(25)38-24;1-5-19-24(16-43)42-15-26(19)47-29-27(39-22-10-9-18(46-31(35)36)14-23(22)40-29)34(37,38)11-7-6-8-20-21-12-17(21)13-25(20)48-32(45)41-28(30(42)44)33(2,3)4;1-16-23(15-42)41-14-25(16)46-28-26(38-21-9-8-18(45-30(34)35)13-22(21)39-28)33(36,37)10-6-5-7-19-20-11-17(20)12-24(19)47-31(44)40-27(29(41)43)32(2,3)4;;/h13-15,20-22,26-30H,7-12,16-17H2,1-6H3,(H,40,44);9-10,14,17,19-21,24-26,28,31H,5-8,11-13,15H2,1-4H3,(H,41,45);8-9,13,16-17,19-20,23-25,27,30H,5-7,10-12,14H2,1-4H3,(H,40,44);;/q;2*-1;;/t20-,21+,22?,26-,27+,28?,29-,30-;17?,19-,20+,21?,24+,25+,26-,28+;16-,17?,19+,20?,23+,24+,25-,27+;;/m100../s1. The van der Waals surface area contributed by atoms with Gasteiger partial charge < -0.3 is 82.9 Å². The number of amides is 6. The smallest absolute Gasteiger partial charge is 0.408 e. The molecule has 3 N–H and O–H groups in total. The Morgan fingerprint density at radius 3 is 1.31 bits per heavy atom. The van der Waals surface area contributed by atoms with E-state index < -0.39 is 209 Å². The number of nitrogens with zero attached hydrogens (tertiary/aromatic N) is 9. The van der Waals surface area contributed by atoms with E-state index in [2.05, 4.69) is 45.4 Å². The second kappa shape index (κ2) is 43.5. The first-order chi connectivity index (χ1) is 67.1. The number of rotatable bonds is 10. The van der Waals surface area contributed by atoms with Gasteiger partial charge in [-0.1, -0.05) is 127 Å². The molecule has 0 spiro atoms. The van der Waals surface area contributed by atoms with E-state index in [-0.39, 0.29) is 145 Å². The Balaban J connectivity index is 0.000000170. The predicted molar refractivity (Wildman–Crippen MR) is 493 cm³/mol. The molecule has 42 heteroatoms. The van der Waals surface area contributed by atoms with Gasteiger partial charge in [-0.25, -0.2) is 65.6 Å². The van der Waals surface area contributed by atoms with Crippen LogP contribution in [0.4, 0.5) is 58.3 Å². The number of Topliss-reactive ketones (excluding diaryl/α,β-unsaturated/α-hetero) is 1. The van der Waals surface area contributed by atoms with E-state index in [9.17, 15) is 69.5 Å². The van der Waals surface area contributed by atoms with Crippen LogP contribution in [0.25, 0.3) is 33.1 Å². The van der Waals surface area contributed by atoms with Crippen molar-refractivity contribution in [1.82, 2.24) is 60.6 Å². The van der Waals surface area contributed by atoms with E-state index in [4.69, 9.17) is 43.1 Å². The molecule has 2 radical (unpaired) electrons. The Labute approximate surface area is 852 Å².